The van der Waals surface area contributed by atoms with E-state index in [-0.39, 0.29) is 18.2 Å². The van der Waals surface area contributed by atoms with E-state index < -0.39 is 34.0 Å². The largest absolute Gasteiger partial charge is 0.444 e. The van der Waals surface area contributed by atoms with Crippen molar-refractivity contribution in [2.45, 2.75) is 45.3 Å². The van der Waals surface area contributed by atoms with Gasteiger partial charge in [-0.25, -0.2) is 4.79 Å². The van der Waals surface area contributed by atoms with Gasteiger partial charge in [0.05, 0.1) is 4.92 Å². The van der Waals surface area contributed by atoms with E-state index in [1.54, 1.807) is 20.8 Å². The van der Waals surface area contributed by atoms with Crippen molar-refractivity contribution in [3.05, 3.63) is 39.7 Å². The summed E-state index contributed by atoms with van der Waals surface area (Å²) in [7, 11) is 0. The number of nitro groups is 1. The molecule has 26 heavy (non-hydrogen) atoms. The second kappa shape index (κ2) is 7.67. The molecule has 0 radical (unpaired) electrons. The zero-order valence-electron chi connectivity index (χ0n) is 15.0. The number of likely N-dealkylation sites (tertiary alicyclic amines) is 1. The molecule has 1 aliphatic rings. The van der Waals surface area contributed by atoms with E-state index in [1.807, 2.05) is 0 Å². The molecular formula is C17H22FN3O5. The second-order valence-corrected chi connectivity index (χ2v) is 7.16. The number of nitro benzene ring substituents is 1. The molecule has 9 heteroatoms. The zero-order valence-corrected chi connectivity index (χ0v) is 15.0. The number of halogens is 1. The number of carbonyl (C=O) groups is 2. The average molecular weight is 367 g/mol. The van der Waals surface area contributed by atoms with E-state index in [2.05, 4.69) is 5.32 Å². The molecule has 1 saturated heterocycles. The fourth-order valence-corrected chi connectivity index (χ4v) is 2.72. The van der Waals surface area contributed by atoms with Gasteiger partial charge >= 0.3 is 11.8 Å². The Labute approximate surface area is 150 Å². The molecule has 1 fully saturated rings. The SMILES string of the molecule is CC(C)(C)OC(=O)N[C@H]1CCCN(C(=O)c2ccc([N+](=O)[O-])c(F)c2)C1. The molecule has 1 aromatic carbocycles. The highest BCUT2D eigenvalue weighted by Gasteiger charge is 2.28. The molecule has 1 aliphatic heterocycles. The van der Waals surface area contributed by atoms with Gasteiger partial charge in [0.2, 0.25) is 5.82 Å². The molecule has 0 unspecified atom stereocenters. The Morgan fingerprint density at radius 2 is 2.08 bits per heavy atom. The smallest absolute Gasteiger partial charge is 0.407 e. The molecular weight excluding hydrogens is 345 g/mol. The average Bonchev–Trinajstić information content (AvgIpc) is 2.52. The van der Waals surface area contributed by atoms with Crippen molar-refractivity contribution in [2.24, 2.45) is 0 Å². The number of nitrogens with one attached hydrogen (secondary N) is 1. The minimum atomic E-state index is -1.05. The lowest BCUT2D eigenvalue weighted by Crippen LogP contribution is -2.50. The summed E-state index contributed by atoms with van der Waals surface area (Å²) in [5.74, 6) is -1.49. The van der Waals surface area contributed by atoms with Gasteiger partial charge in [-0.05, 0) is 45.7 Å². The molecule has 1 aromatic rings. The van der Waals surface area contributed by atoms with Crippen LogP contribution in [0, 0.1) is 15.9 Å². The van der Waals surface area contributed by atoms with Gasteiger partial charge in [0.1, 0.15) is 5.60 Å². The summed E-state index contributed by atoms with van der Waals surface area (Å²) in [6.45, 7) is 5.99. The summed E-state index contributed by atoms with van der Waals surface area (Å²) >= 11 is 0. The summed E-state index contributed by atoms with van der Waals surface area (Å²) in [5.41, 5.74) is -1.26. The minimum Gasteiger partial charge on any atom is -0.444 e. The van der Waals surface area contributed by atoms with Crippen molar-refractivity contribution < 1.29 is 23.6 Å². The van der Waals surface area contributed by atoms with Crippen LogP contribution in [0.5, 0.6) is 0 Å². The van der Waals surface area contributed by atoms with Gasteiger partial charge < -0.3 is 15.0 Å². The number of hydrogen-bond acceptors (Lipinski definition) is 5. The first-order valence-corrected chi connectivity index (χ1v) is 8.29. The Morgan fingerprint density at radius 1 is 1.38 bits per heavy atom. The normalized spacial score (nSPS) is 17.5. The molecule has 0 saturated carbocycles. The van der Waals surface area contributed by atoms with Crippen LogP contribution in [0.2, 0.25) is 0 Å². The van der Waals surface area contributed by atoms with Gasteiger partial charge in [-0.2, -0.15) is 4.39 Å². The van der Waals surface area contributed by atoms with E-state index in [4.69, 9.17) is 4.74 Å². The van der Waals surface area contributed by atoms with E-state index in [9.17, 15) is 24.1 Å². The Hall–Kier alpha value is -2.71. The third kappa shape index (κ3) is 5.14. The standard InChI is InChI=1S/C17H22FN3O5/c1-17(2,3)26-16(23)19-12-5-4-8-20(10-12)15(22)11-6-7-14(21(24)25)13(18)9-11/h6-7,9,12H,4-5,8,10H2,1-3H3,(H,19,23)/t12-/m0/s1. The van der Waals surface area contributed by atoms with Crippen molar-refractivity contribution in [1.29, 1.82) is 0 Å². The number of alkyl carbamates (subject to hydrolysis) is 1. The topological polar surface area (TPSA) is 102 Å². The zero-order chi connectivity index (χ0) is 19.5. The van der Waals surface area contributed by atoms with Crippen molar-refractivity contribution in [2.75, 3.05) is 13.1 Å². The molecule has 142 valence electrons. The quantitative estimate of drug-likeness (QED) is 0.654. The lowest BCUT2D eigenvalue weighted by molar-refractivity contribution is -0.387. The number of piperidine rings is 1. The monoisotopic (exact) mass is 367 g/mol. The van der Waals surface area contributed by atoms with Crippen LogP contribution in [0.3, 0.4) is 0 Å². The van der Waals surface area contributed by atoms with E-state index in [0.717, 1.165) is 12.1 Å². The van der Waals surface area contributed by atoms with Crippen LogP contribution < -0.4 is 5.32 Å². The van der Waals surface area contributed by atoms with Crippen LogP contribution in [0.15, 0.2) is 18.2 Å². The Balaban J connectivity index is 2.02. The molecule has 1 atom stereocenters. The number of ether oxygens (including phenoxy) is 1. The van der Waals surface area contributed by atoms with E-state index >= 15 is 0 Å². The summed E-state index contributed by atoms with van der Waals surface area (Å²) in [4.78, 5) is 35.7. The van der Waals surface area contributed by atoms with Crippen LogP contribution in [-0.4, -0.2) is 46.6 Å². The third-order valence-electron chi connectivity index (χ3n) is 3.82. The maximum absolute atomic E-state index is 13.7. The molecule has 0 spiro atoms. The molecule has 0 bridgehead atoms. The first kappa shape index (κ1) is 19.6. The van der Waals surface area contributed by atoms with Gasteiger partial charge in [0, 0.05) is 30.8 Å². The van der Waals surface area contributed by atoms with Gasteiger partial charge in [0.25, 0.3) is 5.91 Å². The summed E-state index contributed by atoms with van der Waals surface area (Å²) in [5, 5.41) is 13.4. The van der Waals surface area contributed by atoms with Gasteiger partial charge in [-0.3, -0.25) is 14.9 Å². The molecule has 0 aromatic heterocycles. The fourth-order valence-electron chi connectivity index (χ4n) is 2.72. The van der Waals surface area contributed by atoms with E-state index in [1.165, 1.54) is 11.0 Å². The van der Waals surface area contributed by atoms with Crippen molar-refractivity contribution in [3.8, 4) is 0 Å². The lowest BCUT2D eigenvalue weighted by atomic mass is 10.0. The Kier molecular flexibility index (Phi) is 5.79. The molecule has 2 rings (SSSR count). The van der Waals surface area contributed by atoms with Crippen molar-refractivity contribution >= 4 is 17.7 Å². The molecule has 8 nitrogen and oxygen atoms in total. The van der Waals surface area contributed by atoms with Crippen LogP contribution in [-0.2, 0) is 4.74 Å². The van der Waals surface area contributed by atoms with E-state index in [0.29, 0.717) is 19.4 Å². The summed E-state index contributed by atoms with van der Waals surface area (Å²) in [6.07, 6.45) is 0.803. The number of rotatable bonds is 3. The van der Waals surface area contributed by atoms with Crippen molar-refractivity contribution in [1.82, 2.24) is 10.2 Å². The predicted molar refractivity (Wildman–Crippen MR) is 91.3 cm³/mol. The van der Waals surface area contributed by atoms with Crippen LogP contribution in [0.25, 0.3) is 0 Å². The first-order chi connectivity index (χ1) is 12.1. The maximum atomic E-state index is 13.7. The second-order valence-electron chi connectivity index (χ2n) is 7.16. The first-order valence-electron chi connectivity index (χ1n) is 8.29. The molecule has 0 aliphatic carbocycles. The number of nitrogens with zero attached hydrogens (tertiary/aromatic N) is 2. The van der Waals surface area contributed by atoms with Crippen LogP contribution in [0.1, 0.15) is 44.0 Å². The number of benzene rings is 1. The van der Waals surface area contributed by atoms with Crippen molar-refractivity contribution in [3.63, 3.8) is 0 Å². The predicted octanol–water partition coefficient (Wildman–Crippen LogP) is 2.86. The summed E-state index contributed by atoms with van der Waals surface area (Å²) in [6, 6.07) is 2.80. The molecule has 1 heterocycles. The maximum Gasteiger partial charge on any atom is 0.407 e. The molecule has 2 amide bonds. The highest BCUT2D eigenvalue weighted by Crippen LogP contribution is 2.20. The third-order valence-corrected chi connectivity index (χ3v) is 3.82. The number of carbonyl (C=O) groups excluding carboxylic acids is 2. The summed E-state index contributed by atoms with van der Waals surface area (Å²) < 4.78 is 19.0. The number of hydrogen-bond donors (Lipinski definition) is 1. The lowest BCUT2D eigenvalue weighted by Gasteiger charge is -2.33. The van der Waals surface area contributed by atoms with Gasteiger partial charge in [-0.1, -0.05) is 0 Å². The van der Waals surface area contributed by atoms with Gasteiger partial charge in [-0.15, -0.1) is 0 Å². The molecule has 1 N–H and O–H groups in total. The number of amides is 2. The van der Waals surface area contributed by atoms with Crippen LogP contribution in [0.4, 0.5) is 14.9 Å². The van der Waals surface area contributed by atoms with Gasteiger partial charge in [0.15, 0.2) is 0 Å². The highest BCUT2D eigenvalue weighted by molar-refractivity contribution is 5.94. The minimum absolute atomic E-state index is 0.0334. The van der Waals surface area contributed by atoms with Crippen LogP contribution >= 0.6 is 0 Å². The Morgan fingerprint density at radius 3 is 2.65 bits per heavy atom. The Bertz CT molecular complexity index is 717. The fraction of sp³-hybridized carbons (Fsp3) is 0.529. The highest BCUT2D eigenvalue weighted by atomic mass is 19.1.